The molecule has 0 aliphatic heterocycles. The minimum atomic E-state index is 0.0756. The zero-order valence-electron chi connectivity index (χ0n) is 16.0. The Balaban J connectivity index is 1.64. The van der Waals surface area contributed by atoms with E-state index in [4.69, 9.17) is 10.5 Å². The Morgan fingerprint density at radius 3 is 2.66 bits per heavy atom. The Kier molecular flexibility index (Phi) is 5.09. The average molecular weight is 405 g/mol. The third kappa shape index (κ3) is 3.74. The highest BCUT2D eigenvalue weighted by atomic mass is 32.1. The van der Waals surface area contributed by atoms with Crippen LogP contribution in [-0.4, -0.2) is 22.2 Å². The molecule has 0 fully saturated rings. The van der Waals surface area contributed by atoms with E-state index in [1.54, 1.807) is 23.5 Å². The van der Waals surface area contributed by atoms with E-state index in [0.717, 1.165) is 37.5 Å². The first-order chi connectivity index (χ1) is 14.1. The van der Waals surface area contributed by atoms with Gasteiger partial charge in [0.05, 0.1) is 19.2 Å². The van der Waals surface area contributed by atoms with Crippen molar-refractivity contribution in [2.24, 2.45) is 10.2 Å². The Bertz CT molecular complexity index is 1200. The molecule has 0 amide bonds. The van der Waals surface area contributed by atoms with Gasteiger partial charge in [0.25, 0.3) is 0 Å². The molecule has 7 nitrogen and oxygen atoms in total. The smallest absolute Gasteiger partial charge is 0.195 e. The number of thiophene rings is 1. The summed E-state index contributed by atoms with van der Waals surface area (Å²) < 4.78 is 5.94. The topological polar surface area (TPSA) is 106 Å². The van der Waals surface area contributed by atoms with Crippen LogP contribution in [0.15, 0.2) is 59.0 Å². The van der Waals surface area contributed by atoms with E-state index in [0.29, 0.717) is 18.1 Å². The third-order valence-corrected chi connectivity index (χ3v) is 5.85. The first-order valence-corrected chi connectivity index (χ1v) is 9.72. The molecule has 2 aromatic carbocycles. The number of methoxy groups -OCH3 is 1. The van der Waals surface area contributed by atoms with Gasteiger partial charge in [0.2, 0.25) is 0 Å². The third-order valence-electron chi connectivity index (χ3n) is 4.52. The monoisotopic (exact) mass is 405 g/mol. The van der Waals surface area contributed by atoms with Gasteiger partial charge in [0, 0.05) is 10.6 Å². The summed E-state index contributed by atoms with van der Waals surface area (Å²) in [4.78, 5) is 9.83. The molecule has 4 rings (SSSR count). The number of phenols is 1. The molecule has 0 spiro atoms. The number of phenolic OH excluding ortho intramolecular Hbond substituents is 1. The largest absolute Gasteiger partial charge is 0.504 e. The summed E-state index contributed by atoms with van der Waals surface area (Å²) in [7, 11) is 1.51. The number of hydrogen-bond acceptors (Lipinski definition) is 8. The number of aromatic nitrogens is 2. The van der Waals surface area contributed by atoms with E-state index < -0.39 is 0 Å². The van der Waals surface area contributed by atoms with Crippen molar-refractivity contribution in [1.82, 2.24) is 9.97 Å². The van der Waals surface area contributed by atoms with Crippen LogP contribution in [0.3, 0.4) is 0 Å². The van der Waals surface area contributed by atoms with Crippen molar-refractivity contribution < 1.29 is 9.84 Å². The number of aromatic hydroxyl groups is 1. The lowest BCUT2D eigenvalue weighted by atomic mass is 10.1. The van der Waals surface area contributed by atoms with Crippen LogP contribution in [-0.2, 0) is 6.54 Å². The molecule has 0 radical (unpaired) electrons. The van der Waals surface area contributed by atoms with Crippen LogP contribution >= 0.6 is 11.3 Å². The highest BCUT2D eigenvalue weighted by Crippen LogP contribution is 2.40. The number of nitrogen functional groups attached to an aromatic ring is 1. The number of benzene rings is 2. The second-order valence-electron chi connectivity index (χ2n) is 6.46. The quantitative estimate of drug-likeness (QED) is 0.348. The molecule has 4 aromatic rings. The molecule has 0 unspecified atom stereocenters. The number of ether oxygens (including phenoxy) is 1. The van der Waals surface area contributed by atoms with E-state index >= 15 is 0 Å². The molecule has 29 heavy (non-hydrogen) atoms. The lowest BCUT2D eigenvalue weighted by molar-refractivity contribution is 0.373. The van der Waals surface area contributed by atoms with E-state index in [2.05, 4.69) is 20.2 Å². The van der Waals surface area contributed by atoms with Gasteiger partial charge in [-0.05, 0) is 47.9 Å². The summed E-state index contributed by atoms with van der Waals surface area (Å²) >= 11 is 1.59. The van der Waals surface area contributed by atoms with E-state index in [-0.39, 0.29) is 5.75 Å². The van der Waals surface area contributed by atoms with Crippen molar-refractivity contribution in [3.63, 3.8) is 0 Å². The van der Waals surface area contributed by atoms with Crippen LogP contribution in [0, 0.1) is 6.92 Å². The molecular weight excluding hydrogens is 386 g/mol. The minimum absolute atomic E-state index is 0.0756. The van der Waals surface area contributed by atoms with Gasteiger partial charge in [0.1, 0.15) is 11.0 Å². The fourth-order valence-electron chi connectivity index (χ4n) is 3.01. The van der Waals surface area contributed by atoms with Gasteiger partial charge in [-0.3, -0.25) is 0 Å². The number of nitrogens with zero attached hydrogens (tertiary/aromatic N) is 4. The first kappa shape index (κ1) is 18.8. The molecule has 0 saturated carbocycles. The molecule has 146 valence electrons. The van der Waals surface area contributed by atoms with Gasteiger partial charge < -0.3 is 15.6 Å². The number of nitrogens with two attached hydrogens (primary N) is 1. The first-order valence-electron chi connectivity index (χ1n) is 8.90. The summed E-state index contributed by atoms with van der Waals surface area (Å²) in [6, 6.07) is 12.9. The number of azo groups is 1. The van der Waals surface area contributed by atoms with E-state index in [1.165, 1.54) is 13.4 Å². The highest BCUT2D eigenvalue weighted by molar-refractivity contribution is 7.23. The molecule has 2 heterocycles. The van der Waals surface area contributed by atoms with Crippen molar-refractivity contribution in [1.29, 1.82) is 0 Å². The summed E-state index contributed by atoms with van der Waals surface area (Å²) in [5, 5.41) is 18.5. The van der Waals surface area contributed by atoms with Crippen molar-refractivity contribution in [2.45, 2.75) is 13.5 Å². The van der Waals surface area contributed by atoms with Gasteiger partial charge in [-0.15, -0.1) is 16.5 Å². The fourth-order valence-corrected chi connectivity index (χ4v) is 4.21. The Morgan fingerprint density at radius 1 is 1.14 bits per heavy atom. The van der Waals surface area contributed by atoms with Crippen molar-refractivity contribution in [3.05, 3.63) is 59.9 Å². The maximum atomic E-state index is 9.88. The Labute approximate surface area is 171 Å². The zero-order chi connectivity index (χ0) is 20.4. The molecule has 0 bridgehead atoms. The normalized spacial score (nSPS) is 11.4. The van der Waals surface area contributed by atoms with Gasteiger partial charge in [-0.1, -0.05) is 18.2 Å². The lowest BCUT2D eigenvalue weighted by Crippen LogP contribution is -1.86. The summed E-state index contributed by atoms with van der Waals surface area (Å²) in [5.41, 5.74) is 10.4. The van der Waals surface area contributed by atoms with Crippen LogP contribution in [0.1, 0.15) is 11.1 Å². The minimum Gasteiger partial charge on any atom is -0.504 e. The second-order valence-corrected chi connectivity index (χ2v) is 7.48. The van der Waals surface area contributed by atoms with E-state index in [1.807, 2.05) is 37.3 Å². The SMILES string of the molecule is COc1ccc(CN=Nc2ncnc3c(C)c(-c4ccc(N)cc4)sc23)cc1O. The van der Waals surface area contributed by atoms with Gasteiger partial charge in [-0.25, -0.2) is 9.97 Å². The standard InChI is InChI=1S/C21H19N5O2S/c1-12-18-20(29-19(12)14-4-6-15(22)7-5-14)21(24-11-23-18)26-25-10-13-3-8-17(28-2)16(27)9-13/h3-9,11,27H,10,22H2,1-2H3. The van der Waals surface area contributed by atoms with Gasteiger partial charge in [0.15, 0.2) is 17.3 Å². The number of anilines is 1. The molecule has 0 saturated heterocycles. The summed E-state index contributed by atoms with van der Waals surface area (Å²) in [6.07, 6.45) is 1.50. The predicted octanol–water partition coefficient (Wildman–Crippen LogP) is 5.25. The number of rotatable bonds is 5. The Hall–Kier alpha value is -3.52. The van der Waals surface area contributed by atoms with E-state index in [9.17, 15) is 5.11 Å². The van der Waals surface area contributed by atoms with Crippen LogP contribution in [0.2, 0.25) is 0 Å². The number of fused-ring (bicyclic) bond motifs is 1. The second kappa shape index (κ2) is 7.84. The van der Waals surface area contributed by atoms with Crippen LogP contribution in [0.25, 0.3) is 20.7 Å². The zero-order valence-corrected chi connectivity index (χ0v) is 16.8. The van der Waals surface area contributed by atoms with Crippen LogP contribution in [0.4, 0.5) is 11.5 Å². The fraction of sp³-hybridized carbons (Fsp3) is 0.143. The molecule has 8 heteroatoms. The van der Waals surface area contributed by atoms with Gasteiger partial charge in [-0.2, -0.15) is 5.11 Å². The predicted molar refractivity (Wildman–Crippen MR) is 115 cm³/mol. The Morgan fingerprint density at radius 2 is 1.93 bits per heavy atom. The number of hydrogen-bond donors (Lipinski definition) is 2. The molecule has 2 aromatic heterocycles. The van der Waals surface area contributed by atoms with Crippen molar-refractivity contribution in [3.8, 4) is 21.9 Å². The molecule has 0 aliphatic rings. The maximum absolute atomic E-state index is 9.88. The van der Waals surface area contributed by atoms with Crippen LogP contribution < -0.4 is 10.5 Å². The summed E-state index contributed by atoms with van der Waals surface area (Å²) in [6.45, 7) is 2.36. The average Bonchev–Trinajstić information content (AvgIpc) is 3.06. The summed E-state index contributed by atoms with van der Waals surface area (Å²) in [5.74, 6) is 1.03. The lowest BCUT2D eigenvalue weighted by Gasteiger charge is -2.03. The number of aryl methyl sites for hydroxylation is 1. The van der Waals surface area contributed by atoms with Gasteiger partial charge >= 0.3 is 0 Å². The molecular formula is C21H19N5O2S. The maximum Gasteiger partial charge on any atom is 0.195 e. The molecule has 0 aliphatic carbocycles. The van der Waals surface area contributed by atoms with Crippen molar-refractivity contribution in [2.75, 3.05) is 12.8 Å². The van der Waals surface area contributed by atoms with Crippen LogP contribution in [0.5, 0.6) is 11.5 Å². The van der Waals surface area contributed by atoms with Crippen molar-refractivity contribution >= 4 is 33.1 Å². The molecule has 3 N–H and O–H groups in total. The molecule has 0 atom stereocenters. The highest BCUT2D eigenvalue weighted by Gasteiger charge is 2.15.